The molecule has 0 aliphatic rings. The van der Waals surface area contributed by atoms with Gasteiger partial charge in [0.15, 0.2) is 15.5 Å². The summed E-state index contributed by atoms with van der Waals surface area (Å²) in [6.07, 6.45) is -2.51. The van der Waals surface area contributed by atoms with Crippen molar-refractivity contribution < 1.29 is 26.7 Å². The monoisotopic (exact) mass is 515 g/mol. The molecule has 6 nitrogen and oxygen atoms in total. The minimum Gasteiger partial charge on any atom is -0.384 e. The number of halogens is 3. The van der Waals surface area contributed by atoms with Crippen LogP contribution in [-0.2, 0) is 21.6 Å². The first kappa shape index (κ1) is 25.6. The molecule has 2 heterocycles. The first-order valence-electron chi connectivity index (χ1n) is 10.9. The molecule has 0 bridgehead atoms. The number of hydrogen-bond donors (Lipinski definition) is 1. The van der Waals surface area contributed by atoms with Gasteiger partial charge in [0.1, 0.15) is 5.60 Å². The van der Waals surface area contributed by atoms with E-state index in [1.807, 2.05) is 6.07 Å². The highest BCUT2D eigenvalue weighted by Crippen LogP contribution is 2.37. The van der Waals surface area contributed by atoms with Gasteiger partial charge in [-0.3, -0.25) is 0 Å². The second-order valence-corrected chi connectivity index (χ2v) is 11.1. The van der Waals surface area contributed by atoms with Crippen molar-refractivity contribution >= 4 is 9.84 Å². The molecule has 0 saturated heterocycles. The Morgan fingerprint density at radius 3 is 2.25 bits per heavy atom. The van der Waals surface area contributed by atoms with Crippen LogP contribution in [-0.4, -0.2) is 34.5 Å². The summed E-state index contributed by atoms with van der Waals surface area (Å²) in [5.41, 5.74) is 0.524. The summed E-state index contributed by atoms with van der Waals surface area (Å²) in [5, 5.41) is 14.9. The number of aliphatic hydroxyl groups is 1. The predicted octanol–water partition coefficient (Wildman–Crippen LogP) is 5.56. The van der Waals surface area contributed by atoms with Gasteiger partial charge in [-0.1, -0.05) is 30.3 Å². The molecule has 188 valence electrons. The van der Waals surface area contributed by atoms with Crippen molar-refractivity contribution in [3.05, 3.63) is 83.8 Å². The molecule has 0 unspecified atom stereocenters. The number of alkyl halides is 3. The Labute approximate surface area is 207 Å². The van der Waals surface area contributed by atoms with Crippen LogP contribution in [0.5, 0.6) is 0 Å². The van der Waals surface area contributed by atoms with Gasteiger partial charge in [-0.25, -0.2) is 18.1 Å². The van der Waals surface area contributed by atoms with E-state index in [0.717, 1.165) is 28.3 Å². The smallest absolute Gasteiger partial charge is 0.384 e. The largest absolute Gasteiger partial charge is 0.435 e. The summed E-state index contributed by atoms with van der Waals surface area (Å²) < 4.78 is 66.3. The number of benzene rings is 2. The van der Waals surface area contributed by atoms with Gasteiger partial charge in [-0.2, -0.15) is 18.3 Å². The third-order valence-corrected chi connectivity index (χ3v) is 6.83. The fourth-order valence-electron chi connectivity index (χ4n) is 3.88. The van der Waals surface area contributed by atoms with Crippen LogP contribution in [0.2, 0.25) is 0 Å². The molecule has 2 aromatic heterocycles. The van der Waals surface area contributed by atoms with Crippen molar-refractivity contribution in [2.24, 2.45) is 0 Å². The van der Waals surface area contributed by atoms with Gasteiger partial charge in [-0.05, 0) is 67.8 Å². The van der Waals surface area contributed by atoms with Crippen molar-refractivity contribution in [3.8, 4) is 28.1 Å². The zero-order valence-electron chi connectivity index (χ0n) is 20.0. The highest BCUT2D eigenvalue weighted by molar-refractivity contribution is 7.90. The fraction of sp³-hybridized carbons (Fsp3) is 0.231. The first-order valence-corrected chi connectivity index (χ1v) is 12.8. The average Bonchev–Trinajstić information content (AvgIpc) is 3.24. The predicted molar refractivity (Wildman–Crippen MR) is 130 cm³/mol. The van der Waals surface area contributed by atoms with E-state index in [2.05, 4.69) is 10.1 Å². The van der Waals surface area contributed by atoms with E-state index < -0.39 is 27.3 Å². The van der Waals surface area contributed by atoms with Gasteiger partial charge in [-0.15, -0.1) is 0 Å². The number of sulfone groups is 1. The fourth-order valence-corrected chi connectivity index (χ4v) is 4.55. The molecule has 1 N–H and O–H groups in total. The van der Waals surface area contributed by atoms with Crippen molar-refractivity contribution in [1.82, 2.24) is 14.8 Å². The molecule has 10 heteroatoms. The van der Waals surface area contributed by atoms with Crippen molar-refractivity contribution in [3.63, 3.8) is 0 Å². The summed E-state index contributed by atoms with van der Waals surface area (Å²) in [7, 11) is -3.39. The molecule has 0 aliphatic carbocycles. The SMILES string of the molecule is Cc1cc(-c2cccc(S(C)(=O)=O)c2)ccc1-c1cc(C(C)(C)O)nn1-c1cccnc1C(F)(F)F. The molecule has 0 atom stereocenters. The maximum atomic E-state index is 13.7. The summed E-state index contributed by atoms with van der Waals surface area (Å²) in [4.78, 5) is 3.73. The Morgan fingerprint density at radius 1 is 0.944 bits per heavy atom. The number of aromatic nitrogens is 3. The summed E-state index contributed by atoms with van der Waals surface area (Å²) in [5.74, 6) is 0. The summed E-state index contributed by atoms with van der Waals surface area (Å²) in [6, 6.07) is 16.1. The molecule has 4 rings (SSSR count). The van der Waals surface area contributed by atoms with E-state index in [9.17, 15) is 26.7 Å². The summed E-state index contributed by atoms with van der Waals surface area (Å²) >= 11 is 0. The topological polar surface area (TPSA) is 85.1 Å². The quantitative estimate of drug-likeness (QED) is 0.376. The molecule has 2 aromatic carbocycles. The Bertz CT molecular complexity index is 1550. The van der Waals surface area contributed by atoms with Crippen molar-refractivity contribution in [2.45, 2.75) is 37.4 Å². The van der Waals surface area contributed by atoms with Crippen LogP contribution in [0.4, 0.5) is 13.2 Å². The van der Waals surface area contributed by atoms with Crippen molar-refractivity contribution in [1.29, 1.82) is 0 Å². The van der Waals surface area contributed by atoms with Gasteiger partial charge in [0.2, 0.25) is 0 Å². The third-order valence-electron chi connectivity index (χ3n) is 5.72. The highest BCUT2D eigenvalue weighted by atomic mass is 32.2. The maximum absolute atomic E-state index is 13.7. The number of hydrogen-bond acceptors (Lipinski definition) is 5. The van der Waals surface area contributed by atoms with E-state index in [4.69, 9.17) is 0 Å². The zero-order chi connectivity index (χ0) is 26.5. The molecular formula is C26H24F3N3O3S. The van der Waals surface area contributed by atoms with Crippen LogP contribution < -0.4 is 0 Å². The van der Waals surface area contributed by atoms with Crippen LogP contribution in [0.25, 0.3) is 28.1 Å². The lowest BCUT2D eigenvalue weighted by Crippen LogP contribution is -2.18. The van der Waals surface area contributed by atoms with Crippen molar-refractivity contribution in [2.75, 3.05) is 6.26 Å². The normalized spacial score (nSPS) is 12.7. The lowest BCUT2D eigenvalue weighted by atomic mass is 9.97. The zero-order valence-corrected chi connectivity index (χ0v) is 20.8. The minimum absolute atomic E-state index is 0.186. The molecule has 36 heavy (non-hydrogen) atoms. The average molecular weight is 516 g/mol. The molecule has 0 spiro atoms. The molecule has 0 fully saturated rings. The van der Waals surface area contributed by atoms with E-state index in [1.165, 1.54) is 32.0 Å². The van der Waals surface area contributed by atoms with E-state index in [0.29, 0.717) is 16.8 Å². The Hall–Kier alpha value is -3.50. The highest BCUT2D eigenvalue weighted by Gasteiger charge is 2.37. The maximum Gasteiger partial charge on any atom is 0.435 e. The molecule has 0 amide bonds. The minimum atomic E-state index is -4.71. The first-order chi connectivity index (χ1) is 16.7. The third kappa shape index (κ3) is 5.05. The Kier molecular flexibility index (Phi) is 6.30. The lowest BCUT2D eigenvalue weighted by Gasteiger charge is -2.16. The van der Waals surface area contributed by atoms with Gasteiger partial charge in [0.05, 0.1) is 22.0 Å². The lowest BCUT2D eigenvalue weighted by molar-refractivity contribution is -0.141. The Morgan fingerprint density at radius 2 is 1.64 bits per heavy atom. The van der Waals surface area contributed by atoms with Gasteiger partial charge >= 0.3 is 6.18 Å². The standard InChI is InChI=1S/C26H24F3N3O3S/c1-16-13-18(17-7-5-8-19(14-17)36(4,34)35)10-11-20(16)22-15-23(25(2,3)33)31-32(22)21-9-6-12-30-24(21)26(27,28)29/h5-15,33H,1-4H3. The van der Waals surface area contributed by atoms with E-state index in [-0.39, 0.29) is 16.3 Å². The van der Waals surface area contributed by atoms with Gasteiger partial charge in [0, 0.05) is 18.0 Å². The number of aryl methyl sites for hydroxylation is 1. The van der Waals surface area contributed by atoms with Gasteiger partial charge in [0.25, 0.3) is 0 Å². The summed E-state index contributed by atoms with van der Waals surface area (Å²) in [6.45, 7) is 4.80. The van der Waals surface area contributed by atoms with Crippen LogP contribution in [0.3, 0.4) is 0 Å². The molecule has 0 radical (unpaired) electrons. The second-order valence-electron chi connectivity index (χ2n) is 9.08. The number of pyridine rings is 1. The van der Waals surface area contributed by atoms with Gasteiger partial charge < -0.3 is 5.11 Å². The molecule has 0 saturated carbocycles. The van der Waals surface area contributed by atoms with Crippen LogP contribution in [0.1, 0.15) is 30.8 Å². The van der Waals surface area contributed by atoms with Crippen LogP contribution in [0, 0.1) is 6.92 Å². The number of rotatable bonds is 5. The number of nitrogens with zero attached hydrogens (tertiary/aromatic N) is 3. The molecule has 0 aliphatic heterocycles. The van der Waals surface area contributed by atoms with Crippen LogP contribution in [0.15, 0.2) is 71.8 Å². The molecular weight excluding hydrogens is 491 g/mol. The second kappa shape index (κ2) is 8.86. The molecule has 4 aromatic rings. The van der Waals surface area contributed by atoms with Crippen LogP contribution >= 0.6 is 0 Å². The Balaban J connectivity index is 1.90. The van der Waals surface area contributed by atoms with E-state index >= 15 is 0 Å². The van der Waals surface area contributed by atoms with E-state index in [1.54, 1.807) is 43.3 Å².